The Morgan fingerprint density at radius 3 is 2.56 bits per heavy atom. The first-order valence-corrected chi connectivity index (χ1v) is 8.72. The highest BCUT2D eigenvalue weighted by atomic mass is 16.6. The molecule has 1 fully saturated rings. The van der Waals surface area contributed by atoms with Crippen LogP contribution in [0.4, 0.5) is 0 Å². The summed E-state index contributed by atoms with van der Waals surface area (Å²) in [7, 11) is 0. The van der Waals surface area contributed by atoms with Crippen molar-refractivity contribution < 1.29 is 14.2 Å². The zero-order valence-corrected chi connectivity index (χ0v) is 14.7. The molecule has 2 aliphatic rings. The molecule has 1 aromatic heterocycles. The Kier molecular flexibility index (Phi) is 4.55. The van der Waals surface area contributed by atoms with Gasteiger partial charge in [0.1, 0.15) is 19.3 Å². The van der Waals surface area contributed by atoms with E-state index in [1.54, 1.807) is 0 Å². The molecule has 0 saturated carbocycles. The van der Waals surface area contributed by atoms with Gasteiger partial charge in [-0.2, -0.15) is 0 Å². The lowest BCUT2D eigenvalue weighted by Gasteiger charge is -2.32. The van der Waals surface area contributed by atoms with E-state index in [0.29, 0.717) is 19.8 Å². The fourth-order valence-corrected chi connectivity index (χ4v) is 3.34. The van der Waals surface area contributed by atoms with Gasteiger partial charge < -0.3 is 14.2 Å². The van der Waals surface area contributed by atoms with Crippen LogP contribution in [0.5, 0.6) is 11.5 Å². The number of ether oxygens (including phenoxy) is 3. The monoisotopic (exact) mass is 341 g/mol. The summed E-state index contributed by atoms with van der Waals surface area (Å²) in [6.45, 7) is 8.44. The molecule has 0 amide bonds. The van der Waals surface area contributed by atoms with Crippen molar-refractivity contribution in [2.24, 2.45) is 0 Å². The second-order valence-corrected chi connectivity index (χ2v) is 6.58. The Hall–Kier alpha value is -2.18. The lowest BCUT2D eigenvalue weighted by atomic mass is 10.1. The molecule has 0 spiro atoms. The molecule has 1 atom stereocenters. The van der Waals surface area contributed by atoms with E-state index in [4.69, 9.17) is 14.2 Å². The number of hydrogen-bond donors (Lipinski definition) is 0. The van der Waals surface area contributed by atoms with Crippen molar-refractivity contribution in [3.05, 3.63) is 47.0 Å². The maximum Gasteiger partial charge on any atom is 0.161 e. The molecule has 0 radical (unpaired) electrons. The highest BCUT2D eigenvalue weighted by Crippen LogP contribution is 2.31. The Bertz CT molecular complexity index is 745. The Balaban J connectivity index is 1.46. The van der Waals surface area contributed by atoms with Gasteiger partial charge in [-0.3, -0.25) is 4.90 Å². The van der Waals surface area contributed by atoms with E-state index >= 15 is 0 Å². The minimum absolute atomic E-state index is 0.0791. The van der Waals surface area contributed by atoms with Gasteiger partial charge >= 0.3 is 0 Å². The lowest BCUT2D eigenvalue weighted by Crippen LogP contribution is -2.38. The van der Waals surface area contributed by atoms with Crippen molar-refractivity contribution in [3.8, 4) is 11.5 Å². The summed E-state index contributed by atoms with van der Waals surface area (Å²) >= 11 is 0. The van der Waals surface area contributed by atoms with Crippen LogP contribution < -0.4 is 9.47 Å². The topological polar surface area (TPSA) is 56.7 Å². The maximum atomic E-state index is 5.92. The van der Waals surface area contributed by atoms with E-state index in [1.807, 2.05) is 26.0 Å². The summed E-state index contributed by atoms with van der Waals surface area (Å²) in [5.41, 5.74) is 3.18. The molecule has 2 aromatic rings. The first-order chi connectivity index (χ1) is 12.2. The molecule has 2 aliphatic heterocycles. The number of morpholine rings is 1. The van der Waals surface area contributed by atoms with E-state index in [9.17, 15) is 0 Å². The summed E-state index contributed by atoms with van der Waals surface area (Å²) in [5, 5.41) is 0. The average molecular weight is 341 g/mol. The lowest BCUT2D eigenvalue weighted by molar-refractivity contribution is -0.0373. The van der Waals surface area contributed by atoms with Crippen LogP contribution in [0.1, 0.15) is 28.9 Å². The SMILES string of the molecule is Cc1cc(C)nc([C@@H]2CN(Cc3ccc4c(c3)OCCO4)CCO2)n1. The molecule has 0 unspecified atom stereocenters. The Morgan fingerprint density at radius 1 is 1.00 bits per heavy atom. The summed E-state index contributed by atoms with van der Waals surface area (Å²) in [5.74, 6) is 2.45. The van der Waals surface area contributed by atoms with Crippen molar-refractivity contribution in [1.82, 2.24) is 14.9 Å². The molecule has 0 bridgehead atoms. The number of benzene rings is 1. The van der Waals surface area contributed by atoms with Gasteiger partial charge in [-0.1, -0.05) is 6.07 Å². The van der Waals surface area contributed by atoms with E-state index < -0.39 is 0 Å². The van der Waals surface area contributed by atoms with Crippen LogP contribution in [0.3, 0.4) is 0 Å². The van der Waals surface area contributed by atoms with Gasteiger partial charge in [0, 0.05) is 31.0 Å². The standard InChI is InChI=1S/C19H23N3O3/c1-13-9-14(2)21-19(20-13)18-12-22(5-6-23-18)11-15-3-4-16-17(10-15)25-8-7-24-16/h3-4,9-10,18H,5-8,11-12H2,1-2H3/t18-/m0/s1. The van der Waals surface area contributed by atoms with Gasteiger partial charge in [0.15, 0.2) is 17.3 Å². The van der Waals surface area contributed by atoms with Crippen LogP contribution in [-0.4, -0.2) is 47.8 Å². The summed E-state index contributed by atoms with van der Waals surface area (Å²) in [4.78, 5) is 11.5. The number of aromatic nitrogens is 2. The minimum atomic E-state index is -0.0791. The fourth-order valence-electron chi connectivity index (χ4n) is 3.34. The second kappa shape index (κ2) is 6.98. The molecule has 6 heteroatoms. The molecule has 1 aromatic carbocycles. The van der Waals surface area contributed by atoms with Gasteiger partial charge in [0.2, 0.25) is 0 Å². The third-order valence-corrected chi connectivity index (χ3v) is 4.45. The predicted molar refractivity (Wildman–Crippen MR) is 92.9 cm³/mol. The average Bonchev–Trinajstić information content (AvgIpc) is 2.61. The number of hydrogen-bond acceptors (Lipinski definition) is 6. The van der Waals surface area contributed by atoms with Crippen molar-refractivity contribution >= 4 is 0 Å². The van der Waals surface area contributed by atoms with Crippen molar-refractivity contribution in [2.45, 2.75) is 26.5 Å². The van der Waals surface area contributed by atoms with Crippen molar-refractivity contribution in [1.29, 1.82) is 0 Å². The predicted octanol–water partition coefficient (Wildman–Crippen LogP) is 2.44. The second-order valence-electron chi connectivity index (χ2n) is 6.58. The highest BCUT2D eigenvalue weighted by molar-refractivity contribution is 5.43. The first kappa shape index (κ1) is 16.3. The van der Waals surface area contributed by atoms with Crippen LogP contribution in [0.2, 0.25) is 0 Å². The highest BCUT2D eigenvalue weighted by Gasteiger charge is 2.25. The molecule has 4 rings (SSSR count). The van der Waals surface area contributed by atoms with E-state index in [2.05, 4.69) is 27.0 Å². The summed E-state index contributed by atoms with van der Waals surface area (Å²) < 4.78 is 17.2. The summed E-state index contributed by atoms with van der Waals surface area (Å²) in [6, 6.07) is 8.16. The molecular formula is C19H23N3O3. The zero-order valence-electron chi connectivity index (χ0n) is 14.7. The van der Waals surface area contributed by atoms with Crippen LogP contribution in [0.15, 0.2) is 24.3 Å². The van der Waals surface area contributed by atoms with Crippen molar-refractivity contribution in [3.63, 3.8) is 0 Å². The maximum absolute atomic E-state index is 5.92. The number of aryl methyl sites for hydroxylation is 2. The molecule has 1 saturated heterocycles. The summed E-state index contributed by atoms with van der Waals surface area (Å²) in [6.07, 6.45) is -0.0791. The molecule has 6 nitrogen and oxygen atoms in total. The molecule has 3 heterocycles. The van der Waals surface area contributed by atoms with Gasteiger partial charge in [0.05, 0.1) is 6.61 Å². The van der Waals surface area contributed by atoms with E-state index in [-0.39, 0.29) is 6.10 Å². The van der Waals surface area contributed by atoms with Crippen molar-refractivity contribution in [2.75, 3.05) is 32.9 Å². The first-order valence-electron chi connectivity index (χ1n) is 8.72. The molecular weight excluding hydrogens is 318 g/mol. The Labute approximate surface area is 147 Å². The quantitative estimate of drug-likeness (QED) is 0.855. The molecule has 132 valence electrons. The van der Waals surface area contributed by atoms with Gasteiger partial charge in [-0.15, -0.1) is 0 Å². The van der Waals surface area contributed by atoms with Gasteiger partial charge in [-0.05, 0) is 37.6 Å². The Morgan fingerprint density at radius 2 is 1.76 bits per heavy atom. The van der Waals surface area contributed by atoms with Gasteiger partial charge in [0.25, 0.3) is 0 Å². The molecule has 25 heavy (non-hydrogen) atoms. The molecule has 0 aliphatic carbocycles. The van der Waals surface area contributed by atoms with Crippen LogP contribution >= 0.6 is 0 Å². The van der Waals surface area contributed by atoms with E-state index in [0.717, 1.165) is 48.3 Å². The number of rotatable bonds is 3. The largest absolute Gasteiger partial charge is 0.486 e. The minimum Gasteiger partial charge on any atom is -0.486 e. The molecule has 0 N–H and O–H groups in total. The van der Waals surface area contributed by atoms with Crippen LogP contribution in [0, 0.1) is 13.8 Å². The smallest absolute Gasteiger partial charge is 0.161 e. The zero-order chi connectivity index (χ0) is 17.2. The third-order valence-electron chi connectivity index (χ3n) is 4.45. The van der Waals surface area contributed by atoms with Gasteiger partial charge in [-0.25, -0.2) is 9.97 Å². The van der Waals surface area contributed by atoms with Crippen LogP contribution in [0.25, 0.3) is 0 Å². The third kappa shape index (κ3) is 3.75. The number of nitrogens with zero attached hydrogens (tertiary/aromatic N) is 3. The van der Waals surface area contributed by atoms with Crippen LogP contribution in [-0.2, 0) is 11.3 Å². The normalized spacial score (nSPS) is 20.5. The number of fused-ring (bicyclic) bond motifs is 1. The fraction of sp³-hybridized carbons (Fsp3) is 0.474. The van der Waals surface area contributed by atoms with E-state index in [1.165, 1.54) is 5.56 Å².